The monoisotopic (exact) mass is 303 g/mol. The van der Waals surface area contributed by atoms with Crippen LogP contribution >= 0.6 is 0 Å². The summed E-state index contributed by atoms with van der Waals surface area (Å²) in [6, 6.07) is 8.41. The van der Waals surface area contributed by atoms with Crippen LogP contribution in [0.2, 0.25) is 0 Å². The molecular weight excluding hydrogens is 274 g/mol. The molecule has 0 aliphatic carbocycles. The summed E-state index contributed by atoms with van der Waals surface area (Å²) in [5.41, 5.74) is 2.54. The van der Waals surface area contributed by atoms with Crippen LogP contribution in [0.1, 0.15) is 31.7 Å². The number of carbonyl (C=O) groups excluding carboxylic acids is 1. The smallest absolute Gasteiger partial charge is 0.220 e. The van der Waals surface area contributed by atoms with Crippen molar-refractivity contribution in [3.05, 3.63) is 29.8 Å². The van der Waals surface area contributed by atoms with E-state index in [1.54, 1.807) is 0 Å². The molecule has 0 spiro atoms. The number of nitrogens with zero attached hydrogens (tertiary/aromatic N) is 1. The second kappa shape index (κ2) is 8.79. The molecule has 1 aliphatic heterocycles. The van der Waals surface area contributed by atoms with Crippen LogP contribution in [0.3, 0.4) is 0 Å². The van der Waals surface area contributed by atoms with Gasteiger partial charge in [-0.2, -0.15) is 0 Å². The lowest BCUT2D eigenvalue weighted by Crippen LogP contribution is -2.35. The van der Waals surface area contributed by atoms with Crippen LogP contribution in [0.25, 0.3) is 0 Å². The van der Waals surface area contributed by atoms with Crippen molar-refractivity contribution < 1.29 is 4.79 Å². The van der Waals surface area contributed by atoms with Gasteiger partial charge in [0, 0.05) is 31.7 Å². The Balaban J connectivity index is 1.69. The van der Waals surface area contributed by atoms with Crippen LogP contribution in [0.15, 0.2) is 24.3 Å². The third kappa shape index (κ3) is 5.02. The van der Waals surface area contributed by atoms with Gasteiger partial charge < -0.3 is 15.5 Å². The van der Waals surface area contributed by atoms with Crippen molar-refractivity contribution in [3.8, 4) is 0 Å². The molecule has 1 aromatic carbocycles. The van der Waals surface area contributed by atoms with Crippen molar-refractivity contribution in [1.82, 2.24) is 10.6 Å². The van der Waals surface area contributed by atoms with E-state index in [-0.39, 0.29) is 5.91 Å². The minimum Gasteiger partial charge on any atom is -0.370 e. The summed E-state index contributed by atoms with van der Waals surface area (Å²) in [6.07, 6.45) is 2.88. The van der Waals surface area contributed by atoms with E-state index < -0.39 is 0 Å². The van der Waals surface area contributed by atoms with E-state index >= 15 is 0 Å². The normalized spacial score (nSPS) is 17.5. The van der Waals surface area contributed by atoms with Crippen molar-refractivity contribution >= 4 is 11.6 Å². The minimum atomic E-state index is 0.188. The van der Waals surface area contributed by atoms with E-state index in [1.807, 2.05) is 0 Å². The first kappa shape index (κ1) is 16.8. The van der Waals surface area contributed by atoms with Gasteiger partial charge in [-0.3, -0.25) is 4.79 Å². The van der Waals surface area contributed by atoms with E-state index in [1.165, 1.54) is 17.7 Å². The zero-order chi connectivity index (χ0) is 15.8. The average Bonchev–Trinajstić information content (AvgIpc) is 3.04. The SMILES string of the molecule is CCN(CCNC(=O)CCC1CCNC1)c1ccccc1C. The summed E-state index contributed by atoms with van der Waals surface area (Å²) in [5.74, 6) is 0.873. The van der Waals surface area contributed by atoms with Gasteiger partial charge in [-0.15, -0.1) is 0 Å². The maximum absolute atomic E-state index is 11.9. The summed E-state index contributed by atoms with van der Waals surface area (Å²) in [6.45, 7) is 8.99. The zero-order valence-corrected chi connectivity index (χ0v) is 13.9. The van der Waals surface area contributed by atoms with Gasteiger partial charge in [0.15, 0.2) is 0 Å². The van der Waals surface area contributed by atoms with Gasteiger partial charge in [-0.05, 0) is 57.3 Å². The number of amides is 1. The van der Waals surface area contributed by atoms with Gasteiger partial charge in [-0.25, -0.2) is 0 Å². The highest BCUT2D eigenvalue weighted by molar-refractivity contribution is 5.75. The highest BCUT2D eigenvalue weighted by Crippen LogP contribution is 2.18. The molecule has 0 radical (unpaired) electrons. The predicted octanol–water partition coefficient (Wildman–Crippen LogP) is 2.33. The van der Waals surface area contributed by atoms with Crippen molar-refractivity contribution in [2.24, 2.45) is 5.92 Å². The molecule has 1 amide bonds. The summed E-state index contributed by atoms with van der Waals surface area (Å²) < 4.78 is 0. The number of nitrogens with one attached hydrogen (secondary N) is 2. The van der Waals surface area contributed by atoms with E-state index in [0.29, 0.717) is 18.9 Å². The Kier molecular flexibility index (Phi) is 6.72. The summed E-state index contributed by atoms with van der Waals surface area (Å²) in [7, 11) is 0. The molecule has 4 nitrogen and oxygen atoms in total. The summed E-state index contributed by atoms with van der Waals surface area (Å²) in [4.78, 5) is 14.2. The second-order valence-electron chi connectivity index (χ2n) is 6.11. The molecule has 1 heterocycles. The number of rotatable bonds is 8. The van der Waals surface area contributed by atoms with Crippen LogP contribution in [0, 0.1) is 12.8 Å². The fourth-order valence-electron chi connectivity index (χ4n) is 3.08. The standard InChI is InChI=1S/C18H29N3O/c1-3-21(17-7-5-4-6-15(17)2)13-12-20-18(22)9-8-16-10-11-19-14-16/h4-7,16,19H,3,8-14H2,1-2H3,(H,20,22). The highest BCUT2D eigenvalue weighted by Gasteiger charge is 2.15. The minimum absolute atomic E-state index is 0.188. The molecule has 0 bridgehead atoms. The lowest BCUT2D eigenvalue weighted by molar-refractivity contribution is -0.121. The van der Waals surface area contributed by atoms with Crippen molar-refractivity contribution in [1.29, 1.82) is 0 Å². The maximum Gasteiger partial charge on any atom is 0.220 e. The lowest BCUT2D eigenvalue weighted by atomic mass is 10.0. The zero-order valence-electron chi connectivity index (χ0n) is 13.9. The Hall–Kier alpha value is -1.55. The Bertz CT molecular complexity index is 469. The lowest BCUT2D eigenvalue weighted by Gasteiger charge is -2.25. The first-order valence-electron chi connectivity index (χ1n) is 8.48. The van der Waals surface area contributed by atoms with E-state index in [9.17, 15) is 4.79 Å². The quantitative estimate of drug-likeness (QED) is 0.775. The molecule has 0 aromatic heterocycles. The molecule has 1 aliphatic rings. The molecule has 2 N–H and O–H groups in total. The van der Waals surface area contributed by atoms with Crippen LogP contribution in [0.5, 0.6) is 0 Å². The largest absolute Gasteiger partial charge is 0.370 e. The summed E-state index contributed by atoms with van der Waals surface area (Å²) >= 11 is 0. The van der Waals surface area contributed by atoms with E-state index in [4.69, 9.17) is 0 Å². The first-order valence-corrected chi connectivity index (χ1v) is 8.48. The molecule has 0 saturated carbocycles. The number of hydrogen-bond donors (Lipinski definition) is 2. The number of carbonyl (C=O) groups is 1. The third-order valence-electron chi connectivity index (χ3n) is 4.48. The number of hydrogen-bond acceptors (Lipinski definition) is 3. The fourth-order valence-corrected chi connectivity index (χ4v) is 3.08. The average molecular weight is 303 g/mol. The number of anilines is 1. The van der Waals surface area contributed by atoms with E-state index in [0.717, 1.165) is 32.6 Å². The molecular formula is C18H29N3O. The van der Waals surface area contributed by atoms with Crippen LogP contribution in [0.4, 0.5) is 5.69 Å². The number of likely N-dealkylation sites (N-methyl/N-ethyl adjacent to an activating group) is 1. The topological polar surface area (TPSA) is 44.4 Å². The van der Waals surface area contributed by atoms with Gasteiger partial charge in [0.1, 0.15) is 0 Å². The predicted molar refractivity (Wildman–Crippen MR) is 92.3 cm³/mol. The van der Waals surface area contributed by atoms with Gasteiger partial charge in [-0.1, -0.05) is 18.2 Å². The molecule has 1 saturated heterocycles. The third-order valence-corrected chi connectivity index (χ3v) is 4.48. The second-order valence-corrected chi connectivity index (χ2v) is 6.11. The van der Waals surface area contributed by atoms with Crippen LogP contribution in [-0.4, -0.2) is 38.6 Å². The fraction of sp³-hybridized carbons (Fsp3) is 0.611. The van der Waals surface area contributed by atoms with Crippen molar-refractivity contribution in [2.75, 3.05) is 37.6 Å². The number of aryl methyl sites for hydroxylation is 1. The van der Waals surface area contributed by atoms with Gasteiger partial charge >= 0.3 is 0 Å². The highest BCUT2D eigenvalue weighted by atomic mass is 16.1. The summed E-state index contributed by atoms with van der Waals surface area (Å²) in [5, 5.41) is 6.41. The Morgan fingerprint density at radius 2 is 2.23 bits per heavy atom. The number of para-hydroxylation sites is 1. The molecule has 1 fully saturated rings. The van der Waals surface area contributed by atoms with Crippen LogP contribution in [-0.2, 0) is 4.79 Å². The molecule has 1 aromatic rings. The molecule has 22 heavy (non-hydrogen) atoms. The molecule has 4 heteroatoms. The van der Waals surface area contributed by atoms with Crippen LogP contribution < -0.4 is 15.5 Å². The first-order chi connectivity index (χ1) is 10.7. The molecule has 2 rings (SSSR count). The van der Waals surface area contributed by atoms with Gasteiger partial charge in [0.2, 0.25) is 5.91 Å². The maximum atomic E-state index is 11.9. The van der Waals surface area contributed by atoms with Crippen molar-refractivity contribution in [2.45, 2.75) is 33.1 Å². The number of benzene rings is 1. The molecule has 1 unspecified atom stereocenters. The Morgan fingerprint density at radius 3 is 2.91 bits per heavy atom. The van der Waals surface area contributed by atoms with Gasteiger partial charge in [0.05, 0.1) is 0 Å². The molecule has 122 valence electrons. The van der Waals surface area contributed by atoms with Gasteiger partial charge in [0.25, 0.3) is 0 Å². The molecule has 1 atom stereocenters. The van der Waals surface area contributed by atoms with E-state index in [2.05, 4.69) is 53.6 Å². The van der Waals surface area contributed by atoms with Crippen molar-refractivity contribution in [3.63, 3.8) is 0 Å². The Morgan fingerprint density at radius 1 is 1.41 bits per heavy atom. The Labute approximate surface area is 134 Å².